The molecular formula is C14H24ClN3O3S. The number of sulfonamides is 1. The number of amides is 1. The number of hydrogen-bond acceptors (Lipinski definition) is 4. The highest BCUT2D eigenvalue weighted by Crippen LogP contribution is 2.20. The Hall–Kier alpha value is -1.15. The van der Waals surface area contributed by atoms with Gasteiger partial charge in [0.1, 0.15) is 0 Å². The molecule has 0 saturated carbocycles. The summed E-state index contributed by atoms with van der Waals surface area (Å²) in [5.41, 5.74) is 6.88. The quantitative estimate of drug-likeness (QED) is 0.726. The maximum atomic E-state index is 12.0. The van der Waals surface area contributed by atoms with Gasteiger partial charge in [0.05, 0.1) is 10.9 Å². The van der Waals surface area contributed by atoms with Crippen molar-refractivity contribution in [2.45, 2.75) is 38.1 Å². The molecule has 1 aromatic carbocycles. The third-order valence-corrected chi connectivity index (χ3v) is 5.13. The van der Waals surface area contributed by atoms with Crippen LogP contribution in [0.4, 0.5) is 5.69 Å². The molecule has 0 radical (unpaired) electrons. The molecule has 0 aromatic heterocycles. The zero-order valence-electron chi connectivity index (χ0n) is 13.2. The van der Waals surface area contributed by atoms with E-state index in [9.17, 15) is 13.2 Å². The number of benzene rings is 1. The minimum Gasteiger partial charge on any atom is -0.325 e. The van der Waals surface area contributed by atoms with E-state index in [0.717, 1.165) is 6.42 Å². The number of aryl methyl sites for hydroxylation is 1. The minimum atomic E-state index is -3.56. The summed E-state index contributed by atoms with van der Waals surface area (Å²) in [4.78, 5) is 12.2. The molecule has 8 heteroatoms. The second-order valence-corrected chi connectivity index (χ2v) is 6.94. The molecule has 22 heavy (non-hydrogen) atoms. The highest BCUT2D eigenvalue weighted by molar-refractivity contribution is 7.89. The second-order valence-electron chi connectivity index (χ2n) is 5.09. The van der Waals surface area contributed by atoms with Crippen molar-refractivity contribution in [2.24, 2.45) is 11.7 Å². The van der Waals surface area contributed by atoms with Crippen molar-refractivity contribution in [2.75, 3.05) is 12.4 Å². The van der Waals surface area contributed by atoms with Crippen LogP contribution >= 0.6 is 12.4 Å². The van der Waals surface area contributed by atoms with Gasteiger partial charge in [-0.05, 0) is 37.6 Å². The van der Waals surface area contributed by atoms with Crippen molar-refractivity contribution < 1.29 is 13.2 Å². The molecule has 1 amide bonds. The van der Waals surface area contributed by atoms with E-state index in [2.05, 4.69) is 10.0 Å². The molecule has 0 saturated heterocycles. The van der Waals surface area contributed by atoms with Crippen LogP contribution in [0.5, 0.6) is 0 Å². The summed E-state index contributed by atoms with van der Waals surface area (Å²) in [7, 11) is -2.21. The van der Waals surface area contributed by atoms with Crippen LogP contribution < -0.4 is 15.8 Å². The minimum absolute atomic E-state index is 0. The molecule has 0 spiro atoms. The lowest BCUT2D eigenvalue weighted by atomic mass is 9.99. The average molecular weight is 350 g/mol. The zero-order valence-corrected chi connectivity index (χ0v) is 14.8. The van der Waals surface area contributed by atoms with E-state index in [4.69, 9.17) is 5.73 Å². The molecule has 0 aliphatic heterocycles. The Labute approximate surface area is 138 Å². The Morgan fingerprint density at radius 3 is 2.45 bits per heavy atom. The predicted octanol–water partition coefficient (Wildman–Crippen LogP) is 1.64. The highest BCUT2D eigenvalue weighted by atomic mass is 35.5. The fourth-order valence-corrected chi connectivity index (χ4v) is 2.81. The average Bonchev–Trinajstić information content (AvgIpc) is 2.47. The lowest BCUT2D eigenvalue weighted by molar-refractivity contribution is -0.118. The standard InChI is InChI=1S/C14H23N3O3S.ClH/c1-5-9(2)13(15)14(18)17-11-7-6-10(3)12(8-11)21(19,20)16-4;/h6-9,13,16H,5,15H2,1-4H3,(H,17,18);1H. The Morgan fingerprint density at radius 1 is 1.36 bits per heavy atom. The number of rotatable bonds is 6. The van der Waals surface area contributed by atoms with Crippen LogP contribution in [0.3, 0.4) is 0 Å². The van der Waals surface area contributed by atoms with Crippen molar-refractivity contribution in [1.29, 1.82) is 0 Å². The van der Waals surface area contributed by atoms with Crippen molar-refractivity contribution in [3.8, 4) is 0 Å². The van der Waals surface area contributed by atoms with Gasteiger partial charge in [-0.2, -0.15) is 0 Å². The monoisotopic (exact) mass is 349 g/mol. The van der Waals surface area contributed by atoms with Gasteiger partial charge in [0.2, 0.25) is 15.9 Å². The summed E-state index contributed by atoms with van der Waals surface area (Å²) < 4.78 is 26.1. The van der Waals surface area contributed by atoms with Gasteiger partial charge in [-0.3, -0.25) is 4.79 Å². The fourth-order valence-electron chi connectivity index (χ4n) is 1.82. The number of halogens is 1. The van der Waals surface area contributed by atoms with Gasteiger partial charge >= 0.3 is 0 Å². The van der Waals surface area contributed by atoms with Crippen molar-refractivity contribution >= 4 is 34.0 Å². The Balaban J connectivity index is 0.00000441. The molecular weight excluding hydrogens is 326 g/mol. The number of anilines is 1. The van der Waals surface area contributed by atoms with Crippen LogP contribution in [-0.4, -0.2) is 27.4 Å². The molecule has 0 heterocycles. The molecule has 2 atom stereocenters. The topological polar surface area (TPSA) is 101 Å². The summed E-state index contributed by atoms with van der Waals surface area (Å²) in [5.74, 6) is -0.267. The van der Waals surface area contributed by atoms with Gasteiger partial charge in [0, 0.05) is 5.69 Å². The first-order chi connectivity index (χ1) is 9.72. The first-order valence-electron chi connectivity index (χ1n) is 6.83. The first-order valence-corrected chi connectivity index (χ1v) is 8.31. The normalized spacial score (nSPS) is 13.9. The second kappa shape index (κ2) is 8.47. The van der Waals surface area contributed by atoms with Gasteiger partial charge in [-0.25, -0.2) is 13.1 Å². The largest absolute Gasteiger partial charge is 0.325 e. The highest BCUT2D eigenvalue weighted by Gasteiger charge is 2.21. The van der Waals surface area contributed by atoms with Gasteiger partial charge in [-0.1, -0.05) is 26.3 Å². The van der Waals surface area contributed by atoms with Gasteiger partial charge in [0.25, 0.3) is 0 Å². The smallest absolute Gasteiger partial charge is 0.241 e. The van der Waals surface area contributed by atoms with Crippen LogP contribution in [0.25, 0.3) is 0 Å². The molecule has 2 unspecified atom stereocenters. The Morgan fingerprint density at radius 2 is 1.95 bits per heavy atom. The molecule has 126 valence electrons. The van der Waals surface area contributed by atoms with Gasteiger partial charge < -0.3 is 11.1 Å². The van der Waals surface area contributed by atoms with Crippen molar-refractivity contribution in [1.82, 2.24) is 4.72 Å². The molecule has 4 N–H and O–H groups in total. The number of nitrogens with two attached hydrogens (primary N) is 1. The van der Waals surface area contributed by atoms with E-state index in [-0.39, 0.29) is 29.1 Å². The third kappa shape index (κ3) is 4.95. The molecule has 0 fully saturated rings. The van der Waals surface area contributed by atoms with Crippen molar-refractivity contribution in [3.05, 3.63) is 23.8 Å². The number of carbonyl (C=O) groups excluding carboxylic acids is 1. The molecule has 0 aliphatic carbocycles. The van der Waals surface area contributed by atoms with E-state index in [1.807, 2.05) is 13.8 Å². The van der Waals surface area contributed by atoms with E-state index in [1.54, 1.807) is 19.1 Å². The zero-order chi connectivity index (χ0) is 16.2. The first kappa shape index (κ1) is 20.9. The van der Waals surface area contributed by atoms with Crippen molar-refractivity contribution in [3.63, 3.8) is 0 Å². The van der Waals surface area contributed by atoms with Gasteiger partial charge in [0.15, 0.2) is 0 Å². The molecule has 1 aromatic rings. The van der Waals surface area contributed by atoms with Crippen LogP contribution in [-0.2, 0) is 14.8 Å². The fraction of sp³-hybridized carbons (Fsp3) is 0.500. The summed E-state index contributed by atoms with van der Waals surface area (Å²) in [6.45, 7) is 5.55. The predicted molar refractivity (Wildman–Crippen MR) is 90.7 cm³/mol. The van der Waals surface area contributed by atoms with E-state index >= 15 is 0 Å². The molecule has 0 bridgehead atoms. The third-order valence-electron chi connectivity index (χ3n) is 3.57. The molecule has 1 rings (SSSR count). The van der Waals surface area contributed by atoms with Gasteiger partial charge in [-0.15, -0.1) is 12.4 Å². The molecule has 6 nitrogen and oxygen atoms in total. The number of hydrogen-bond donors (Lipinski definition) is 3. The molecule has 0 aliphatic rings. The van der Waals surface area contributed by atoms with Crippen LogP contribution in [0.1, 0.15) is 25.8 Å². The van der Waals surface area contributed by atoms with E-state index in [1.165, 1.54) is 13.1 Å². The Kier molecular flexibility index (Phi) is 8.03. The summed E-state index contributed by atoms with van der Waals surface area (Å²) in [6, 6.07) is 4.11. The summed E-state index contributed by atoms with van der Waals surface area (Å²) in [5, 5.41) is 2.66. The van der Waals surface area contributed by atoms with Crippen LogP contribution in [0.2, 0.25) is 0 Å². The van der Waals surface area contributed by atoms with Crippen LogP contribution in [0, 0.1) is 12.8 Å². The maximum Gasteiger partial charge on any atom is 0.241 e. The summed E-state index contributed by atoms with van der Waals surface area (Å²) >= 11 is 0. The van der Waals surface area contributed by atoms with Crippen LogP contribution in [0.15, 0.2) is 23.1 Å². The number of nitrogens with one attached hydrogen (secondary N) is 2. The lowest BCUT2D eigenvalue weighted by Gasteiger charge is -2.18. The lowest BCUT2D eigenvalue weighted by Crippen LogP contribution is -2.40. The summed E-state index contributed by atoms with van der Waals surface area (Å²) in [6.07, 6.45) is 0.794. The van der Waals surface area contributed by atoms with E-state index in [0.29, 0.717) is 11.3 Å². The Bertz CT molecular complexity index is 620. The number of carbonyl (C=O) groups is 1. The SMILES string of the molecule is CCC(C)C(N)C(=O)Nc1ccc(C)c(S(=O)(=O)NC)c1.Cl. The maximum absolute atomic E-state index is 12.0. The van der Waals surface area contributed by atoms with E-state index < -0.39 is 16.1 Å².